The van der Waals surface area contributed by atoms with E-state index in [-0.39, 0.29) is 12.0 Å². The Morgan fingerprint density at radius 1 is 1.12 bits per heavy atom. The van der Waals surface area contributed by atoms with E-state index in [1.54, 1.807) is 0 Å². The zero-order valence-electron chi connectivity index (χ0n) is 19.7. The lowest BCUT2D eigenvalue weighted by Gasteiger charge is -2.34. The van der Waals surface area contributed by atoms with Gasteiger partial charge in [0.1, 0.15) is 11.6 Å². The molecule has 3 aliphatic rings. The predicted octanol–water partition coefficient (Wildman–Crippen LogP) is 3.80. The van der Waals surface area contributed by atoms with Crippen LogP contribution in [-0.4, -0.2) is 58.1 Å². The molecule has 0 spiro atoms. The molecular weight excluding hydrogens is 414 g/mol. The summed E-state index contributed by atoms with van der Waals surface area (Å²) in [5, 5.41) is 0. The third-order valence-corrected chi connectivity index (χ3v) is 7.36. The van der Waals surface area contributed by atoms with Crippen LogP contribution in [0.3, 0.4) is 0 Å². The SMILES string of the molecule is Cc1nc(C2CCN(C(=O)CC[C@H]3CCCO3)CC2)nc2c1CCCN2Cc1ccccn1. The number of carbonyl (C=O) groups excluding carboxylic acids is 1. The number of pyridine rings is 1. The predicted molar refractivity (Wildman–Crippen MR) is 127 cm³/mol. The molecule has 5 heterocycles. The van der Waals surface area contributed by atoms with Crippen LogP contribution in [0.15, 0.2) is 24.4 Å². The van der Waals surface area contributed by atoms with Crippen molar-refractivity contribution in [2.75, 3.05) is 31.1 Å². The van der Waals surface area contributed by atoms with Gasteiger partial charge in [-0.15, -0.1) is 0 Å². The minimum atomic E-state index is 0.271. The van der Waals surface area contributed by atoms with Crippen LogP contribution < -0.4 is 4.90 Å². The smallest absolute Gasteiger partial charge is 0.222 e. The van der Waals surface area contributed by atoms with E-state index in [4.69, 9.17) is 14.7 Å². The van der Waals surface area contributed by atoms with E-state index in [9.17, 15) is 4.79 Å². The van der Waals surface area contributed by atoms with E-state index >= 15 is 0 Å². The first-order valence-electron chi connectivity index (χ1n) is 12.6. The summed E-state index contributed by atoms with van der Waals surface area (Å²) in [5.41, 5.74) is 3.46. The van der Waals surface area contributed by atoms with E-state index in [0.29, 0.717) is 12.3 Å². The van der Waals surface area contributed by atoms with Crippen molar-refractivity contribution in [3.63, 3.8) is 0 Å². The largest absolute Gasteiger partial charge is 0.378 e. The number of hydrogen-bond acceptors (Lipinski definition) is 6. The maximum atomic E-state index is 12.7. The highest BCUT2D eigenvalue weighted by molar-refractivity contribution is 5.76. The lowest BCUT2D eigenvalue weighted by molar-refractivity contribution is -0.132. The first kappa shape index (κ1) is 22.3. The third-order valence-electron chi connectivity index (χ3n) is 7.36. The molecule has 0 unspecified atom stereocenters. The Morgan fingerprint density at radius 2 is 2.00 bits per heavy atom. The van der Waals surface area contributed by atoms with Crippen LogP contribution in [0.2, 0.25) is 0 Å². The lowest BCUT2D eigenvalue weighted by atomic mass is 9.94. The van der Waals surface area contributed by atoms with Crippen LogP contribution in [0.4, 0.5) is 5.82 Å². The highest BCUT2D eigenvalue weighted by Crippen LogP contribution is 2.33. The maximum absolute atomic E-state index is 12.7. The molecule has 0 radical (unpaired) electrons. The molecule has 176 valence electrons. The number of ether oxygens (including phenoxy) is 1. The monoisotopic (exact) mass is 449 g/mol. The van der Waals surface area contributed by atoms with Crippen LogP contribution in [-0.2, 0) is 22.5 Å². The number of hydrogen-bond donors (Lipinski definition) is 0. The second kappa shape index (κ2) is 10.2. The fraction of sp³-hybridized carbons (Fsp3) is 0.615. The van der Waals surface area contributed by atoms with Crippen LogP contribution in [0.1, 0.15) is 73.6 Å². The molecule has 5 rings (SSSR count). The van der Waals surface area contributed by atoms with Crippen LogP contribution in [0.5, 0.6) is 0 Å². The minimum absolute atomic E-state index is 0.271. The number of likely N-dealkylation sites (tertiary alicyclic amines) is 1. The number of anilines is 1. The van der Waals surface area contributed by atoms with Crippen molar-refractivity contribution in [1.82, 2.24) is 19.9 Å². The van der Waals surface area contributed by atoms with Gasteiger partial charge in [0, 0.05) is 56.0 Å². The molecule has 33 heavy (non-hydrogen) atoms. The number of amides is 1. The summed E-state index contributed by atoms with van der Waals surface area (Å²) in [5.74, 6) is 2.62. The van der Waals surface area contributed by atoms with E-state index < -0.39 is 0 Å². The summed E-state index contributed by atoms with van der Waals surface area (Å²) in [6.45, 7) is 6.35. The summed E-state index contributed by atoms with van der Waals surface area (Å²) >= 11 is 0. The molecule has 2 aromatic rings. The molecule has 2 fully saturated rings. The summed E-state index contributed by atoms with van der Waals surface area (Å²) in [7, 11) is 0. The van der Waals surface area contributed by atoms with Crippen LogP contribution >= 0.6 is 0 Å². The van der Waals surface area contributed by atoms with Gasteiger partial charge in [-0.1, -0.05) is 6.07 Å². The first-order chi connectivity index (χ1) is 16.2. The van der Waals surface area contributed by atoms with E-state index in [0.717, 1.165) is 101 Å². The Balaban J connectivity index is 1.23. The van der Waals surface area contributed by atoms with Gasteiger partial charge in [-0.3, -0.25) is 9.78 Å². The van der Waals surface area contributed by atoms with Crippen molar-refractivity contribution < 1.29 is 9.53 Å². The van der Waals surface area contributed by atoms with Crippen molar-refractivity contribution in [2.24, 2.45) is 0 Å². The summed E-state index contributed by atoms with van der Waals surface area (Å²) in [6, 6.07) is 6.08. The third kappa shape index (κ3) is 5.18. The van der Waals surface area contributed by atoms with Gasteiger partial charge in [-0.2, -0.15) is 0 Å². The number of carbonyl (C=O) groups is 1. The summed E-state index contributed by atoms with van der Waals surface area (Å²) in [6.07, 6.45) is 9.86. The number of aromatic nitrogens is 3. The minimum Gasteiger partial charge on any atom is -0.378 e. The van der Waals surface area contributed by atoms with Gasteiger partial charge >= 0.3 is 0 Å². The summed E-state index contributed by atoms with van der Waals surface area (Å²) < 4.78 is 5.67. The van der Waals surface area contributed by atoms with Crippen molar-refractivity contribution >= 4 is 11.7 Å². The van der Waals surface area contributed by atoms with Gasteiger partial charge in [0.05, 0.1) is 18.3 Å². The zero-order chi connectivity index (χ0) is 22.6. The molecule has 1 amide bonds. The van der Waals surface area contributed by atoms with Crippen molar-refractivity contribution in [3.05, 3.63) is 47.2 Å². The van der Waals surface area contributed by atoms with Crippen molar-refractivity contribution in [2.45, 2.75) is 76.9 Å². The average Bonchev–Trinajstić information content (AvgIpc) is 3.37. The molecule has 3 aliphatic heterocycles. The molecule has 2 saturated heterocycles. The normalized spacial score (nSPS) is 21.3. The molecule has 0 N–H and O–H groups in total. The molecule has 7 nitrogen and oxygen atoms in total. The van der Waals surface area contributed by atoms with Gasteiger partial charge in [-0.05, 0) is 64.0 Å². The fourth-order valence-corrected chi connectivity index (χ4v) is 5.43. The number of fused-ring (bicyclic) bond motifs is 1. The Bertz CT molecular complexity index is 953. The second-order valence-electron chi connectivity index (χ2n) is 9.64. The quantitative estimate of drug-likeness (QED) is 0.668. The van der Waals surface area contributed by atoms with E-state index in [1.807, 2.05) is 23.2 Å². The van der Waals surface area contributed by atoms with E-state index in [2.05, 4.69) is 22.9 Å². The molecule has 0 saturated carbocycles. The van der Waals surface area contributed by atoms with Crippen LogP contribution in [0, 0.1) is 6.92 Å². The molecule has 0 aromatic carbocycles. The second-order valence-corrected chi connectivity index (χ2v) is 9.64. The Hall–Kier alpha value is -2.54. The van der Waals surface area contributed by atoms with E-state index in [1.165, 1.54) is 5.56 Å². The molecule has 0 bridgehead atoms. The Kier molecular flexibility index (Phi) is 6.85. The van der Waals surface area contributed by atoms with Gasteiger partial charge in [-0.25, -0.2) is 9.97 Å². The topological polar surface area (TPSA) is 71.5 Å². The molecular formula is C26H35N5O2. The number of rotatable bonds is 6. The average molecular weight is 450 g/mol. The number of nitrogens with zero attached hydrogens (tertiary/aromatic N) is 5. The molecule has 2 aromatic heterocycles. The number of aryl methyl sites for hydroxylation is 1. The number of piperidine rings is 1. The van der Waals surface area contributed by atoms with Gasteiger partial charge in [0.2, 0.25) is 5.91 Å². The standard InChI is InChI=1S/C26H35N5O2/c1-19-23-8-4-14-31(18-21-6-2-3-13-27-21)26(23)29-25(28-19)20-11-15-30(16-12-20)24(32)10-9-22-7-5-17-33-22/h2-3,6,13,20,22H,4-5,7-12,14-18H2,1H3/t22-/m1/s1. The maximum Gasteiger partial charge on any atom is 0.222 e. The Morgan fingerprint density at radius 3 is 2.76 bits per heavy atom. The van der Waals surface area contributed by atoms with Crippen LogP contribution in [0.25, 0.3) is 0 Å². The highest BCUT2D eigenvalue weighted by Gasteiger charge is 2.29. The highest BCUT2D eigenvalue weighted by atomic mass is 16.5. The Labute approximate surface area is 196 Å². The molecule has 7 heteroatoms. The van der Waals surface area contributed by atoms with Gasteiger partial charge in [0.25, 0.3) is 0 Å². The zero-order valence-corrected chi connectivity index (χ0v) is 19.7. The lowest BCUT2D eigenvalue weighted by Crippen LogP contribution is -2.38. The molecule has 1 atom stereocenters. The van der Waals surface area contributed by atoms with Crippen molar-refractivity contribution in [3.8, 4) is 0 Å². The summed E-state index contributed by atoms with van der Waals surface area (Å²) in [4.78, 5) is 31.6. The fourth-order valence-electron chi connectivity index (χ4n) is 5.43. The first-order valence-corrected chi connectivity index (χ1v) is 12.6. The van der Waals surface area contributed by atoms with Gasteiger partial charge < -0.3 is 14.5 Å². The van der Waals surface area contributed by atoms with Gasteiger partial charge in [0.15, 0.2) is 0 Å². The molecule has 0 aliphatic carbocycles. The van der Waals surface area contributed by atoms with Crippen molar-refractivity contribution in [1.29, 1.82) is 0 Å².